The van der Waals surface area contributed by atoms with Crippen molar-refractivity contribution in [2.75, 3.05) is 24.8 Å². The Kier molecular flexibility index (Phi) is 7.07. The van der Waals surface area contributed by atoms with E-state index in [0.717, 1.165) is 10.6 Å². The highest BCUT2D eigenvalue weighted by atomic mass is 32.2. The van der Waals surface area contributed by atoms with E-state index >= 15 is 0 Å². The molecule has 1 aromatic heterocycles. The van der Waals surface area contributed by atoms with E-state index in [9.17, 15) is 9.59 Å². The molecule has 2 rings (SSSR count). The van der Waals surface area contributed by atoms with Crippen LogP contribution in [0.2, 0.25) is 0 Å². The maximum Gasteiger partial charge on any atom is 0.357 e. The second kappa shape index (κ2) is 9.29. The Balaban J connectivity index is 1.75. The van der Waals surface area contributed by atoms with Gasteiger partial charge >= 0.3 is 5.97 Å². The Hall–Kier alpha value is -2.06. The van der Waals surface area contributed by atoms with Crippen LogP contribution in [0, 0.1) is 0 Å². The molecule has 0 saturated heterocycles. The number of hydrogen-bond acceptors (Lipinski definition) is 7. The molecule has 1 heterocycles. The summed E-state index contributed by atoms with van der Waals surface area (Å²) in [5, 5.41) is 4.66. The number of hydrogen-bond donors (Lipinski definition) is 1. The van der Waals surface area contributed by atoms with Crippen molar-refractivity contribution in [1.82, 2.24) is 4.98 Å². The van der Waals surface area contributed by atoms with Gasteiger partial charge in [-0.25, -0.2) is 9.78 Å². The molecular weight excluding hydrogens is 348 g/mol. The summed E-state index contributed by atoms with van der Waals surface area (Å²) in [4.78, 5) is 28.5. The third-order valence-corrected chi connectivity index (χ3v) is 4.66. The Labute approximate surface area is 148 Å². The molecule has 1 N–H and O–H groups in total. The molecule has 0 aliphatic carbocycles. The quantitative estimate of drug-likeness (QED) is 0.569. The summed E-state index contributed by atoms with van der Waals surface area (Å²) in [6.45, 7) is 2.02. The molecule has 0 unspecified atom stereocenters. The Morgan fingerprint density at radius 3 is 2.71 bits per heavy atom. The number of ether oxygens (including phenoxy) is 2. The van der Waals surface area contributed by atoms with Crippen molar-refractivity contribution in [3.63, 3.8) is 0 Å². The molecule has 0 bridgehead atoms. The number of benzene rings is 1. The van der Waals surface area contributed by atoms with Crippen LogP contribution in [0.15, 0.2) is 34.5 Å². The average Bonchev–Trinajstić information content (AvgIpc) is 3.04. The van der Waals surface area contributed by atoms with Gasteiger partial charge in [-0.1, -0.05) is 0 Å². The van der Waals surface area contributed by atoms with E-state index in [-0.39, 0.29) is 11.6 Å². The monoisotopic (exact) mass is 366 g/mol. The third kappa shape index (κ3) is 5.54. The number of thioether (sulfide) groups is 1. The maximum atomic E-state index is 11.9. The molecular formula is C16H18N2O4S2. The number of anilines is 1. The first-order valence-electron chi connectivity index (χ1n) is 7.31. The zero-order valence-corrected chi connectivity index (χ0v) is 15.0. The summed E-state index contributed by atoms with van der Waals surface area (Å²) in [6, 6.07) is 7.67. The van der Waals surface area contributed by atoms with Crippen molar-refractivity contribution in [2.24, 2.45) is 0 Å². The molecule has 6 nitrogen and oxygen atoms in total. The number of rotatable bonds is 8. The van der Waals surface area contributed by atoms with E-state index in [1.54, 1.807) is 31.2 Å². The third-order valence-electron chi connectivity index (χ3n) is 2.89. The van der Waals surface area contributed by atoms with Crippen LogP contribution in [0.1, 0.15) is 23.8 Å². The number of amides is 1. The zero-order chi connectivity index (χ0) is 17.4. The number of aromatic nitrogens is 1. The van der Waals surface area contributed by atoms with Gasteiger partial charge in [0.1, 0.15) is 5.75 Å². The number of nitrogens with zero attached hydrogens (tertiary/aromatic N) is 1. The van der Waals surface area contributed by atoms with Gasteiger partial charge in [0.05, 0.1) is 13.7 Å². The van der Waals surface area contributed by atoms with Crippen LogP contribution in [0.5, 0.6) is 5.75 Å². The number of carbonyl (C=O) groups excluding carboxylic acids is 2. The predicted molar refractivity (Wildman–Crippen MR) is 95.0 cm³/mol. The van der Waals surface area contributed by atoms with Crippen LogP contribution in [-0.4, -0.2) is 36.3 Å². The van der Waals surface area contributed by atoms with Crippen molar-refractivity contribution in [3.8, 4) is 5.75 Å². The van der Waals surface area contributed by atoms with Gasteiger partial charge in [0.25, 0.3) is 0 Å². The maximum absolute atomic E-state index is 11.9. The van der Waals surface area contributed by atoms with Gasteiger partial charge < -0.3 is 14.8 Å². The van der Waals surface area contributed by atoms with Crippen LogP contribution in [0.25, 0.3) is 0 Å². The number of esters is 1. The molecule has 128 valence electrons. The minimum absolute atomic E-state index is 0.138. The molecule has 0 aliphatic heterocycles. The van der Waals surface area contributed by atoms with Crippen LogP contribution >= 0.6 is 23.1 Å². The second-order valence-corrected chi connectivity index (χ2v) is 6.61. The Morgan fingerprint density at radius 1 is 1.29 bits per heavy atom. The van der Waals surface area contributed by atoms with E-state index in [1.165, 1.54) is 11.3 Å². The first kappa shape index (κ1) is 18.3. The van der Waals surface area contributed by atoms with Crippen LogP contribution < -0.4 is 10.1 Å². The summed E-state index contributed by atoms with van der Waals surface area (Å²) in [5.74, 6) is 0.831. The first-order valence-corrected chi connectivity index (χ1v) is 9.18. The van der Waals surface area contributed by atoms with E-state index in [1.807, 2.05) is 24.3 Å². The molecule has 0 spiro atoms. The zero-order valence-electron chi connectivity index (χ0n) is 13.4. The molecule has 2 aromatic rings. The van der Waals surface area contributed by atoms with Gasteiger partial charge in [0, 0.05) is 22.4 Å². The highest BCUT2D eigenvalue weighted by Crippen LogP contribution is 2.22. The standard InChI is InChI=1S/C16H18N2O4S2/c1-3-22-15(20)13-10-24-16(17-13)18-14(19)8-9-23-12-6-4-11(21-2)5-7-12/h4-7,10H,3,8-9H2,1-2H3,(H,17,18,19). The summed E-state index contributed by atoms with van der Waals surface area (Å²) in [5.41, 5.74) is 0.213. The molecule has 0 fully saturated rings. The highest BCUT2D eigenvalue weighted by molar-refractivity contribution is 7.99. The van der Waals surface area contributed by atoms with E-state index in [0.29, 0.717) is 23.9 Å². The molecule has 24 heavy (non-hydrogen) atoms. The summed E-state index contributed by atoms with van der Waals surface area (Å²) >= 11 is 2.79. The van der Waals surface area contributed by atoms with Crippen molar-refractivity contribution in [1.29, 1.82) is 0 Å². The molecule has 1 amide bonds. The average molecular weight is 366 g/mol. The SMILES string of the molecule is CCOC(=O)c1csc(NC(=O)CCSc2ccc(OC)cc2)n1. The van der Waals surface area contributed by atoms with Crippen molar-refractivity contribution in [3.05, 3.63) is 35.3 Å². The molecule has 0 radical (unpaired) electrons. The summed E-state index contributed by atoms with van der Waals surface area (Å²) < 4.78 is 9.96. The fraction of sp³-hybridized carbons (Fsp3) is 0.312. The molecule has 0 aliphatic rings. The Bertz CT molecular complexity index is 686. The van der Waals surface area contributed by atoms with Crippen LogP contribution in [0.4, 0.5) is 5.13 Å². The van der Waals surface area contributed by atoms with E-state index < -0.39 is 5.97 Å². The van der Waals surface area contributed by atoms with Gasteiger partial charge in [-0.2, -0.15) is 0 Å². The van der Waals surface area contributed by atoms with Crippen LogP contribution in [-0.2, 0) is 9.53 Å². The Morgan fingerprint density at radius 2 is 2.04 bits per heavy atom. The van der Waals surface area contributed by atoms with Crippen molar-refractivity contribution in [2.45, 2.75) is 18.2 Å². The predicted octanol–water partition coefficient (Wildman–Crippen LogP) is 3.45. The number of methoxy groups -OCH3 is 1. The largest absolute Gasteiger partial charge is 0.497 e. The summed E-state index contributed by atoms with van der Waals surface area (Å²) in [6.07, 6.45) is 0.352. The normalized spacial score (nSPS) is 10.2. The minimum atomic E-state index is -0.482. The lowest BCUT2D eigenvalue weighted by Gasteiger charge is -2.04. The topological polar surface area (TPSA) is 77.5 Å². The van der Waals surface area contributed by atoms with E-state index in [4.69, 9.17) is 9.47 Å². The van der Waals surface area contributed by atoms with Gasteiger partial charge in [-0.3, -0.25) is 4.79 Å². The lowest BCUT2D eigenvalue weighted by molar-refractivity contribution is -0.115. The fourth-order valence-corrected chi connectivity index (χ4v) is 3.29. The second-order valence-electron chi connectivity index (χ2n) is 4.58. The lowest BCUT2D eigenvalue weighted by atomic mass is 10.3. The van der Waals surface area contributed by atoms with Gasteiger partial charge in [0.15, 0.2) is 10.8 Å². The number of carbonyl (C=O) groups is 2. The van der Waals surface area contributed by atoms with E-state index in [2.05, 4.69) is 10.3 Å². The van der Waals surface area contributed by atoms with Gasteiger partial charge in [-0.05, 0) is 31.2 Å². The number of nitrogens with one attached hydrogen (secondary N) is 1. The summed E-state index contributed by atoms with van der Waals surface area (Å²) in [7, 11) is 1.62. The smallest absolute Gasteiger partial charge is 0.357 e. The lowest BCUT2D eigenvalue weighted by Crippen LogP contribution is -2.12. The molecule has 1 aromatic carbocycles. The molecule has 0 atom stereocenters. The van der Waals surface area contributed by atoms with Crippen molar-refractivity contribution >= 4 is 40.1 Å². The van der Waals surface area contributed by atoms with Crippen LogP contribution in [0.3, 0.4) is 0 Å². The van der Waals surface area contributed by atoms with Gasteiger partial charge in [0.2, 0.25) is 5.91 Å². The fourth-order valence-electron chi connectivity index (χ4n) is 1.75. The first-order chi connectivity index (χ1) is 11.6. The molecule has 0 saturated carbocycles. The van der Waals surface area contributed by atoms with Gasteiger partial charge in [-0.15, -0.1) is 23.1 Å². The minimum Gasteiger partial charge on any atom is -0.497 e. The highest BCUT2D eigenvalue weighted by Gasteiger charge is 2.13. The number of thiazole rings is 1. The van der Waals surface area contributed by atoms with Crippen molar-refractivity contribution < 1.29 is 19.1 Å². The molecule has 8 heteroatoms.